The monoisotopic (exact) mass is 317 g/mol. The topological polar surface area (TPSA) is 21.3 Å². The normalized spacial score (nSPS) is 23.3. The average molecular weight is 318 g/mol. The van der Waals surface area contributed by atoms with Crippen LogP contribution in [0.3, 0.4) is 0 Å². The van der Waals surface area contributed by atoms with Gasteiger partial charge in [0.05, 0.1) is 0 Å². The predicted octanol–water partition coefficient (Wildman–Crippen LogP) is 4.33. The van der Waals surface area contributed by atoms with Crippen LogP contribution in [0.5, 0.6) is 5.75 Å². The van der Waals surface area contributed by atoms with E-state index in [1.165, 1.54) is 15.4 Å². The Morgan fingerprint density at radius 2 is 2.05 bits per heavy atom. The lowest BCUT2D eigenvalue weighted by atomic mass is 9.90. The number of fused-ring (bicyclic) bond motifs is 3. The van der Waals surface area contributed by atoms with E-state index in [2.05, 4.69) is 29.6 Å². The molecule has 2 atom stereocenters. The van der Waals surface area contributed by atoms with Crippen LogP contribution < -0.4 is 10.1 Å². The summed E-state index contributed by atoms with van der Waals surface area (Å²) >= 11 is 7.81. The van der Waals surface area contributed by atoms with Gasteiger partial charge in [-0.3, -0.25) is 0 Å². The number of benzene rings is 2. The first kappa shape index (κ1) is 13.5. The molecule has 1 saturated heterocycles. The second-order valence-corrected chi connectivity index (χ2v) is 7.10. The van der Waals surface area contributed by atoms with E-state index in [9.17, 15) is 0 Å². The van der Waals surface area contributed by atoms with Crippen molar-refractivity contribution in [3.63, 3.8) is 0 Å². The molecule has 1 fully saturated rings. The van der Waals surface area contributed by atoms with Crippen molar-refractivity contribution in [2.75, 3.05) is 13.1 Å². The minimum Gasteiger partial charge on any atom is -0.488 e. The molecule has 0 radical (unpaired) electrons. The summed E-state index contributed by atoms with van der Waals surface area (Å²) in [5.74, 6) is 1.60. The van der Waals surface area contributed by atoms with Crippen molar-refractivity contribution in [1.29, 1.82) is 0 Å². The fraction of sp³-hybridized carbons (Fsp3) is 0.294. The van der Waals surface area contributed by atoms with Crippen LogP contribution in [-0.4, -0.2) is 19.2 Å². The number of nitrogens with one attached hydrogen (secondary N) is 1. The van der Waals surface area contributed by atoms with E-state index in [1.807, 2.05) is 18.2 Å². The molecule has 2 aromatic carbocycles. The smallest absolute Gasteiger partial charge is 0.123 e. The maximum atomic E-state index is 6.06. The second-order valence-electron chi connectivity index (χ2n) is 5.51. The molecule has 0 saturated carbocycles. The highest BCUT2D eigenvalue weighted by molar-refractivity contribution is 7.99. The van der Waals surface area contributed by atoms with Gasteiger partial charge < -0.3 is 10.1 Å². The second kappa shape index (κ2) is 5.56. The summed E-state index contributed by atoms with van der Waals surface area (Å²) in [5, 5.41) is 4.19. The van der Waals surface area contributed by atoms with E-state index in [4.69, 9.17) is 16.3 Å². The molecule has 0 bridgehead atoms. The van der Waals surface area contributed by atoms with Gasteiger partial charge in [-0.05, 0) is 49.4 Å². The summed E-state index contributed by atoms with van der Waals surface area (Å²) in [5.41, 5.74) is 1.37. The van der Waals surface area contributed by atoms with Gasteiger partial charge >= 0.3 is 0 Å². The van der Waals surface area contributed by atoms with Gasteiger partial charge in [-0.15, -0.1) is 0 Å². The average Bonchev–Trinajstić information content (AvgIpc) is 2.85. The molecule has 0 spiro atoms. The summed E-state index contributed by atoms with van der Waals surface area (Å²) in [6, 6.07) is 14.5. The predicted molar refractivity (Wildman–Crippen MR) is 86.7 cm³/mol. The highest BCUT2D eigenvalue weighted by atomic mass is 35.5. The summed E-state index contributed by atoms with van der Waals surface area (Å²) in [6.45, 7) is 2.03. The van der Waals surface area contributed by atoms with Crippen LogP contribution in [-0.2, 0) is 0 Å². The van der Waals surface area contributed by atoms with Crippen molar-refractivity contribution >= 4 is 23.4 Å². The van der Waals surface area contributed by atoms with Crippen molar-refractivity contribution in [3.8, 4) is 5.75 Å². The molecular weight excluding hydrogens is 302 g/mol. The number of rotatable bonds is 2. The molecule has 1 N–H and O–H groups in total. The molecule has 4 heteroatoms. The zero-order valence-corrected chi connectivity index (χ0v) is 13.1. The number of ether oxygens (including phenoxy) is 1. The van der Waals surface area contributed by atoms with Crippen LogP contribution in [0.2, 0.25) is 5.02 Å². The van der Waals surface area contributed by atoms with Crippen molar-refractivity contribution < 1.29 is 4.74 Å². The number of hydrogen-bond acceptors (Lipinski definition) is 3. The maximum absolute atomic E-state index is 6.06. The Balaban J connectivity index is 1.61. The van der Waals surface area contributed by atoms with Crippen LogP contribution in [0.15, 0.2) is 52.3 Å². The van der Waals surface area contributed by atoms with E-state index in [0.717, 1.165) is 30.3 Å². The first-order valence-corrected chi connectivity index (χ1v) is 8.44. The minimum absolute atomic E-state index is 0.306. The minimum atomic E-state index is 0.306. The highest BCUT2D eigenvalue weighted by Crippen LogP contribution is 2.43. The Kier molecular flexibility index (Phi) is 3.57. The number of halogens is 1. The van der Waals surface area contributed by atoms with Gasteiger partial charge in [0.2, 0.25) is 0 Å². The molecule has 108 valence electrons. The van der Waals surface area contributed by atoms with E-state index in [-0.39, 0.29) is 0 Å². The van der Waals surface area contributed by atoms with Gasteiger partial charge in [-0.1, -0.05) is 29.4 Å². The molecule has 2 heterocycles. The molecule has 2 aliphatic rings. The maximum Gasteiger partial charge on any atom is 0.123 e. The largest absolute Gasteiger partial charge is 0.488 e. The Morgan fingerprint density at radius 3 is 2.95 bits per heavy atom. The Hall–Kier alpha value is -1.16. The molecule has 2 nitrogen and oxygen atoms in total. The fourth-order valence-corrected chi connectivity index (χ4v) is 4.31. The van der Waals surface area contributed by atoms with Crippen LogP contribution >= 0.6 is 23.4 Å². The molecule has 2 aliphatic heterocycles. The Morgan fingerprint density at radius 1 is 1.14 bits per heavy atom. The van der Waals surface area contributed by atoms with Crippen molar-refractivity contribution in [1.82, 2.24) is 5.32 Å². The molecule has 0 amide bonds. The van der Waals surface area contributed by atoms with Crippen LogP contribution in [0.4, 0.5) is 0 Å². The highest BCUT2D eigenvalue weighted by Gasteiger charge is 2.36. The zero-order valence-electron chi connectivity index (χ0n) is 11.5. The third-order valence-corrected chi connectivity index (χ3v) is 5.33. The van der Waals surface area contributed by atoms with E-state index in [1.54, 1.807) is 11.8 Å². The fourth-order valence-electron chi connectivity index (χ4n) is 3.13. The lowest BCUT2D eigenvalue weighted by Crippen LogP contribution is -2.39. The Labute approximate surface area is 133 Å². The van der Waals surface area contributed by atoms with E-state index < -0.39 is 0 Å². The summed E-state index contributed by atoms with van der Waals surface area (Å²) in [7, 11) is 0. The number of hydrogen-bond donors (Lipinski definition) is 1. The molecule has 0 aliphatic carbocycles. The standard InChI is InChI=1S/C17H16ClNOS/c18-11-2-1-3-12(8-11)21-13-4-5-16-15(9-13)14-6-7-19-10-17(14)20-16/h1-5,8-9,14,17,19H,6-7,10H2. The van der Waals surface area contributed by atoms with E-state index >= 15 is 0 Å². The lowest BCUT2D eigenvalue weighted by molar-refractivity contribution is 0.177. The van der Waals surface area contributed by atoms with Gasteiger partial charge in [0.1, 0.15) is 11.9 Å². The van der Waals surface area contributed by atoms with Crippen molar-refractivity contribution in [2.45, 2.75) is 28.2 Å². The first-order chi connectivity index (χ1) is 10.3. The van der Waals surface area contributed by atoms with Gasteiger partial charge in [0.25, 0.3) is 0 Å². The first-order valence-electron chi connectivity index (χ1n) is 7.24. The van der Waals surface area contributed by atoms with Crippen molar-refractivity contribution in [2.24, 2.45) is 0 Å². The molecule has 21 heavy (non-hydrogen) atoms. The van der Waals surface area contributed by atoms with Crippen LogP contribution in [0.1, 0.15) is 17.9 Å². The van der Waals surface area contributed by atoms with Gasteiger partial charge in [-0.2, -0.15) is 0 Å². The SMILES string of the molecule is Clc1cccc(Sc2ccc3c(c2)C2CCNCC2O3)c1. The van der Waals surface area contributed by atoms with Gasteiger partial charge in [0.15, 0.2) is 0 Å². The van der Waals surface area contributed by atoms with Crippen molar-refractivity contribution in [3.05, 3.63) is 53.1 Å². The molecule has 4 rings (SSSR count). The van der Waals surface area contributed by atoms with Crippen LogP contribution in [0.25, 0.3) is 0 Å². The molecular formula is C17H16ClNOS. The third-order valence-electron chi connectivity index (χ3n) is 4.12. The lowest BCUT2D eigenvalue weighted by Gasteiger charge is -2.24. The summed E-state index contributed by atoms with van der Waals surface area (Å²) < 4.78 is 6.04. The molecule has 2 unspecified atom stereocenters. The summed E-state index contributed by atoms with van der Waals surface area (Å²) in [4.78, 5) is 2.42. The third kappa shape index (κ3) is 2.66. The molecule has 0 aromatic heterocycles. The van der Waals surface area contributed by atoms with Crippen LogP contribution in [0, 0.1) is 0 Å². The quantitative estimate of drug-likeness (QED) is 0.891. The van der Waals surface area contributed by atoms with E-state index in [0.29, 0.717) is 12.0 Å². The van der Waals surface area contributed by atoms with Gasteiger partial charge in [-0.25, -0.2) is 0 Å². The van der Waals surface area contributed by atoms with Gasteiger partial charge in [0, 0.05) is 32.8 Å². The Bertz CT molecular complexity index is 676. The zero-order chi connectivity index (χ0) is 14.2. The summed E-state index contributed by atoms with van der Waals surface area (Å²) in [6.07, 6.45) is 1.46. The number of piperidine rings is 1. The molecule has 2 aromatic rings.